The lowest BCUT2D eigenvalue weighted by molar-refractivity contribution is -0.140. The Bertz CT molecular complexity index is 1050. The first-order valence-corrected chi connectivity index (χ1v) is 8.67. The third-order valence-electron chi connectivity index (χ3n) is 4.26. The van der Waals surface area contributed by atoms with E-state index in [1.54, 1.807) is 43.5 Å². The maximum atomic E-state index is 12.6. The maximum absolute atomic E-state index is 12.6. The van der Waals surface area contributed by atoms with Gasteiger partial charge in [0.2, 0.25) is 5.78 Å². The van der Waals surface area contributed by atoms with Crippen molar-refractivity contribution in [2.75, 3.05) is 7.11 Å². The minimum Gasteiger partial charge on any atom is -0.465 e. The number of hydrogen-bond acceptors (Lipinski definition) is 5. The number of carbonyl (C=O) groups is 3. The molecule has 0 aliphatic rings. The number of rotatable bonds is 6. The summed E-state index contributed by atoms with van der Waals surface area (Å²) in [6, 6.07) is 14.0. The van der Waals surface area contributed by atoms with Crippen LogP contribution in [0.25, 0.3) is 17.0 Å². The third-order valence-corrected chi connectivity index (χ3v) is 4.26. The Hall–Kier alpha value is -3.67. The number of Topliss-reactive ketones (excluding diaryl/α,β-unsaturated/α-hetero) is 1. The summed E-state index contributed by atoms with van der Waals surface area (Å²) in [6.45, 7) is 1.54. The maximum Gasteiger partial charge on any atom is 0.337 e. The van der Waals surface area contributed by atoms with Gasteiger partial charge in [0.05, 0.1) is 12.7 Å². The summed E-state index contributed by atoms with van der Waals surface area (Å²) in [5.41, 5.74) is 2.46. The van der Waals surface area contributed by atoms with Crippen LogP contribution in [0.2, 0.25) is 0 Å². The number of aromatic amines is 1. The molecule has 3 aromatic rings. The molecule has 0 aliphatic carbocycles. The number of H-pyrrole nitrogens is 1. The average molecular weight is 377 g/mol. The Morgan fingerprint density at radius 3 is 2.46 bits per heavy atom. The van der Waals surface area contributed by atoms with Gasteiger partial charge in [-0.25, -0.2) is 9.59 Å². The SMILES string of the molecule is COC(=O)c1ccc(/C=C/C(=O)O[C@@H](C)C(=O)c2c[nH]c3ccccc23)cc1. The molecule has 0 amide bonds. The topological polar surface area (TPSA) is 85.5 Å². The molecule has 1 atom stereocenters. The Labute approximate surface area is 161 Å². The second-order valence-corrected chi connectivity index (χ2v) is 6.14. The van der Waals surface area contributed by atoms with Gasteiger partial charge < -0.3 is 14.5 Å². The van der Waals surface area contributed by atoms with Crippen LogP contribution in [0.3, 0.4) is 0 Å². The van der Waals surface area contributed by atoms with Crippen LogP contribution >= 0.6 is 0 Å². The molecule has 0 saturated carbocycles. The van der Waals surface area contributed by atoms with Crippen molar-refractivity contribution in [1.29, 1.82) is 0 Å². The third kappa shape index (κ3) is 4.17. The number of carbonyl (C=O) groups excluding carboxylic acids is 3. The predicted octanol–water partition coefficient (Wildman–Crippen LogP) is 3.78. The van der Waals surface area contributed by atoms with Gasteiger partial charge in [-0.15, -0.1) is 0 Å². The van der Waals surface area contributed by atoms with E-state index in [0.717, 1.165) is 10.9 Å². The van der Waals surface area contributed by atoms with Crippen molar-refractivity contribution in [1.82, 2.24) is 4.98 Å². The lowest BCUT2D eigenvalue weighted by atomic mass is 10.1. The highest BCUT2D eigenvalue weighted by molar-refractivity contribution is 6.10. The standard InChI is InChI=1S/C22H19NO5/c1-14(21(25)18-13-23-19-6-4-3-5-17(18)19)28-20(24)12-9-15-7-10-16(11-8-15)22(26)27-2/h3-14,23H,1-2H3/b12-9+/t14-/m0/s1. The molecule has 28 heavy (non-hydrogen) atoms. The predicted molar refractivity (Wildman–Crippen MR) is 105 cm³/mol. The van der Waals surface area contributed by atoms with E-state index in [1.807, 2.05) is 24.3 Å². The molecule has 0 spiro atoms. The highest BCUT2D eigenvalue weighted by atomic mass is 16.5. The highest BCUT2D eigenvalue weighted by Gasteiger charge is 2.21. The molecular weight excluding hydrogens is 358 g/mol. The number of esters is 2. The highest BCUT2D eigenvalue weighted by Crippen LogP contribution is 2.20. The zero-order valence-corrected chi connectivity index (χ0v) is 15.5. The molecule has 6 heteroatoms. The van der Waals surface area contributed by atoms with Gasteiger partial charge in [0.15, 0.2) is 6.10 Å². The molecule has 3 rings (SSSR count). The van der Waals surface area contributed by atoms with Crippen LogP contribution in [-0.2, 0) is 14.3 Å². The fraction of sp³-hybridized carbons (Fsp3) is 0.136. The van der Waals surface area contributed by atoms with Crippen LogP contribution in [0.15, 0.2) is 60.8 Å². The van der Waals surface area contributed by atoms with Crippen molar-refractivity contribution in [3.05, 3.63) is 77.5 Å². The van der Waals surface area contributed by atoms with Gasteiger partial charge in [0.25, 0.3) is 0 Å². The van der Waals surface area contributed by atoms with E-state index in [1.165, 1.54) is 13.2 Å². The van der Waals surface area contributed by atoms with E-state index in [2.05, 4.69) is 9.72 Å². The fourth-order valence-electron chi connectivity index (χ4n) is 2.77. The number of para-hydroxylation sites is 1. The van der Waals surface area contributed by atoms with E-state index in [4.69, 9.17) is 4.74 Å². The second-order valence-electron chi connectivity index (χ2n) is 6.14. The van der Waals surface area contributed by atoms with Crippen LogP contribution in [0.5, 0.6) is 0 Å². The molecule has 6 nitrogen and oxygen atoms in total. The van der Waals surface area contributed by atoms with Gasteiger partial charge in [-0.2, -0.15) is 0 Å². The van der Waals surface area contributed by atoms with Crippen LogP contribution in [0.4, 0.5) is 0 Å². The molecule has 1 heterocycles. The Morgan fingerprint density at radius 2 is 1.75 bits per heavy atom. The molecule has 0 saturated heterocycles. The van der Waals surface area contributed by atoms with Crippen LogP contribution in [0.1, 0.15) is 33.2 Å². The molecule has 0 bridgehead atoms. The van der Waals surface area contributed by atoms with Crippen LogP contribution < -0.4 is 0 Å². The van der Waals surface area contributed by atoms with E-state index < -0.39 is 18.0 Å². The van der Waals surface area contributed by atoms with Crippen LogP contribution in [0, 0.1) is 0 Å². The van der Waals surface area contributed by atoms with Crippen molar-refractivity contribution >= 4 is 34.7 Å². The quantitative estimate of drug-likeness (QED) is 0.401. The molecule has 2 aromatic carbocycles. The van der Waals surface area contributed by atoms with Crippen molar-refractivity contribution in [3.63, 3.8) is 0 Å². The minimum absolute atomic E-state index is 0.276. The summed E-state index contributed by atoms with van der Waals surface area (Å²) < 4.78 is 9.86. The van der Waals surface area contributed by atoms with Crippen molar-refractivity contribution in [3.8, 4) is 0 Å². The minimum atomic E-state index is -0.918. The van der Waals surface area contributed by atoms with E-state index >= 15 is 0 Å². The summed E-state index contributed by atoms with van der Waals surface area (Å²) in [6.07, 6.45) is 3.49. The molecular formula is C22H19NO5. The zero-order chi connectivity index (χ0) is 20.1. The van der Waals surface area contributed by atoms with Crippen LogP contribution in [-0.4, -0.2) is 35.9 Å². The van der Waals surface area contributed by atoms with Gasteiger partial charge in [0.1, 0.15) is 0 Å². The molecule has 0 aliphatic heterocycles. The first-order valence-electron chi connectivity index (χ1n) is 8.67. The summed E-state index contributed by atoms with van der Waals surface area (Å²) in [4.78, 5) is 39.1. The number of methoxy groups -OCH3 is 1. The Kier molecular flexibility index (Phi) is 5.69. The average Bonchev–Trinajstić information content (AvgIpc) is 3.15. The van der Waals surface area contributed by atoms with Gasteiger partial charge in [-0.05, 0) is 36.8 Å². The van der Waals surface area contributed by atoms with Crippen molar-refractivity contribution < 1.29 is 23.9 Å². The zero-order valence-electron chi connectivity index (χ0n) is 15.5. The number of ketones is 1. The Morgan fingerprint density at radius 1 is 1.04 bits per heavy atom. The van der Waals surface area contributed by atoms with Gasteiger partial charge in [0, 0.05) is 28.7 Å². The van der Waals surface area contributed by atoms with Crippen molar-refractivity contribution in [2.45, 2.75) is 13.0 Å². The first kappa shape index (κ1) is 19.1. The number of hydrogen-bond donors (Lipinski definition) is 1. The van der Waals surface area contributed by atoms with Gasteiger partial charge in [-0.1, -0.05) is 30.3 Å². The van der Waals surface area contributed by atoms with E-state index in [9.17, 15) is 14.4 Å². The summed E-state index contributed by atoms with van der Waals surface area (Å²) in [7, 11) is 1.31. The molecule has 142 valence electrons. The normalized spacial score (nSPS) is 12.1. The molecule has 1 N–H and O–H groups in total. The number of nitrogens with one attached hydrogen (secondary N) is 1. The summed E-state index contributed by atoms with van der Waals surface area (Å²) >= 11 is 0. The lowest BCUT2D eigenvalue weighted by Crippen LogP contribution is -2.23. The largest absolute Gasteiger partial charge is 0.465 e. The fourth-order valence-corrected chi connectivity index (χ4v) is 2.77. The molecule has 0 unspecified atom stereocenters. The van der Waals surface area contributed by atoms with E-state index in [0.29, 0.717) is 16.7 Å². The monoisotopic (exact) mass is 377 g/mol. The second kappa shape index (κ2) is 8.35. The summed E-state index contributed by atoms with van der Waals surface area (Å²) in [5.74, 6) is -1.33. The van der Waals surface area contributed by atoms with Gasteiger partial charge >= 0.3 is 11.9 Å². The smallest absolute Gasteiger partial charge is 0.337 e. The first-order chi connectivity index (χ1) is 13.5. The van der Waals surface area contributed by atoms with Gasteiger partial charge in [-0.3, -0.25) is 4.79 Å². The molecule has 1 aromatic heterocycles. The number of benzene rings is 2. The molecule has 0 radical (unpaired) electrons. The number of ether oxygens (including phenoxy) is 2. The molecule has 0 fully saturated rings. The number of fused-ring (bicyclic) bond motifs is 1. The number of aromatic nitrogens is 1. The van der Waals surface area contributed by atoms with E-state index in [-0.39, 0.29) is 5.78 Å². The lowest BCUT2D eigenvalue weighted by Gasteiger charge is -2.10. The van der Waals surface area contributed by atoms with Crippen molar-refractivity contribution in [2.24, 2.45) is 0 Å². The Balaban J connectivity index is 1.63. The summed E-state index contributed by atoms with van der Waals surface area (Å²) in [5, 5.41) is 0.789.